The maximum absolute atomic E-state index is 5.30. The zero-order chi connectivity index (χ0) is 11.1. The molecule has 80 valence electrons. The number of nitrogens with zero attached hydrogens (tertiary/aromatic N) is 1. The van der Waals surface area contributed by atoms with Gasteiger partial charge >= 0.3 is 0 Å². The van der Waals surface area contributed by atoms with Crippen LogP contribution in [0.2, 0.25) is 0 Å². The van der Waals surface area contributed by atoms with Gasteiger partial charge in [0, 0.05) is 22.8 Å². The molecule has 1 aromatic rings. The lowest BCUT2D eigenvalue weighted by molar-refractivity contribution is 0.356. The highest BCUT2D eigenvalue weighted by molar-refractivity contribution is 7.71. The highest BCUT2D eigenvalue weighted by Gasteiger charge is 2.25. The van der Waals surface area contributed by atoms with Crippen molar-refractivity contribution in [2.24, 2.45) is 0 Å². The molecule has 1 aromatic heterocycles. The lowest BCUT2D eigenvalue weighted by atomic mass is 9.91. The van der Waals surface area contributed by atoms with E-state index in [-0.39, 0.29) is 11.0 Å². The van der Waals surface area contributed by atoms with Crippen LogP contribution in [0.4, 0.5) is 0 Å². The predicted molar refractivity (Wildman–Crippen MR) is 63.3 cm³/mol. The Labute approximate surface area is 91.3 Å². The third-order valence-corrected chi connectivity index (χ3v) is 2.52. The summed E-state index contributed by atoms with van der Waals surface area (Å²) in [6.45, 7) is 13.1. The topological polar surface area (TPSA) is 20.7 Å². The van der Waals surface area contributed by atoms with E-state index in [9.17, 15) is 0 Å². The van der Waals surface area contributed by atoms with Gasteiger partial charge < -0.3 is 9.55 Å². The van der Waals surface area contributed by atoms with Crippen LogP contribution in [0.25, 0.3) is 0 Å². The van der Waals surface area contributed by atoms with Crippen molar-refractivity contribution in [2.45, 2.75) is 52.5 Å². The zero-order valence-electron chi connectivity index (χ0n) is 9.93. The molecule has 0 atom stereocenters. The lowest BCUT2D eigenvalue weighted by Gasteiger charge is -2.29. The van der Waals surface area contributed by atoms with Crippen LogP contribution in [-0.2, 0) is 11.0 Å². The number of aromatic nitrogens is 2. The van der Waals surface area contributed by atoms with E-state index in [0.717, 1.165) is 4.77 Å². The van der Waals surface area contributed by atoms with Crippen molar-refractivity contribution >= 4 is 12.2 Å². The Kier molecular flexibility index (Phi) is 2.65. The zero-order valence-corrected chi connectivity index (χ0v) is 10.7. The van der Waals surface area contributed by atoms with Crippen LogP contribution in [0.1, 0.15) is 47.2 Å². The van der Waals surface area contributed by atoms with Crippen molar-refractivity contribution in [2.75, 3.05) is 0 Å². The molecule has 0 aliphatic rings. The van der Waals surface area contributed by atoms with Crippen LogP contribution in [0.5, 0.6) is 0 Å². The molecule has 0 radical (unpaired) electrons. The minimum absolute atomic E-state index is 0.0414. The number of hydrogen-bond donors (Lipinski definition) is 1. The second-order valence-corrected chi connectivity index (χ2v) is 6.12. The minimum Gasteiger partial charge on any atom is -0.337 e. The highest BCUT2D eigenvalue weighted by atomic mass is 32.1. The first-order valence-electron chi connectivity index (χ1n) is 4.95. The fourth-order valence-corrected chi connectivity index (χ4v) is 2.02. The maximum Gasteiger partial charge on any atom is 0.177 e. The molecule has 0 saturated carbocycles. The molecule has 0 aliphatic heterocycles. The molecular weight excluding hydrogens is 192 g/mol. The van der Waals surface area contributed by atoms with Gasteiger partial charge in [0.05, 0.1) is 0 Å². The van der Waals surface area contributed by atoms with Gasteiger partial charge in [-0.1, -0.05) is 20.8 Å². The van der Waals surface area contributed by atoms with Crippen LogP contribution in [0, 0.1) is 4.77 Å². The first-order valence-corrected chi connectivity index (χ1v) is 5.36. The third-order valence-electron chi connectivity index (χ3n) is 2.22. The van der Waals surface area contributed by atoms with Crippen LogP contribution in [0.3, 0.4) is 0 Å². The molecule has 14 heavy (non-hydrogen) atoms. The Morgan fingerprint density at radius 3 is 1.93 bits per heavy atom. The molecule has 1 N–H and O–H groups in total. The van der Waals surface area contributed by atoms with Gasteiger partial charge in [-0.15, -0.1) is 0 Å². The average molecular weight is 212 g/mol. The van der Waals surface area contributed by atoms with Crippen molar-refractivity contribution in [3.8, 4) is 0 Å². The number of imidazole rings is 1. The Bertz CT molecular complexity index is 371. The van der Waals surface area contributed by atoms with Gasteiger partial charge in [0.1, 0.15) is 0 Å². The van der Waals surface area contributed by atoms with Gasteiger partial charge in [0.15, 0.2) is 4.77 Å². The summed E-state index contributed by atoms with van der Waals surface area (Å²) in [4.78, 5) is 3.13. The van der Waals surface area contributed by atoms with E-state index in [1.54, 1.807) is 0 Å². The molecule has 1 rings (SSSR count). The highest BCUT2D eigenvalue weighted by Crippen LogP contribution is 2.27. The van der Waals surface area contributed by atoms with Gasteiger partial charge in [0.25, 0.3) is 0 Å². The number of H-pyrrole nitrogens is 1. The van der Waals surface area contributed by atoms with Crippen molar-refractivity contribution in [3.05, 3.63) is 16.7 Å². The maximum atomic E-state index is 5.30. The molecule has 1 heterocycles. The summed E-state index contributed by atoms with van der Waals surface area (Å²) in [5.41, 5.74) is 1.43. The van der Waals surface area contributed by atoms with E-state index in [4.69, 9.17) is 12.2 Å². The van der Waals surface area contributed by atoms with E-state index in [2.05, 4.69) is 51.1 Å². The van der Waals surface area contributed by atoms with Crippen molar-refractivity contribution in [3.63, 3.8) is 0 Å². The van der Waals surface area contributed by atoms with E-state index in [1.807, 2.05) is 6.20 Å². The molecule has 0 aromatic carbocycles. The normalized spacial score (nSPS) is 13.3. The lowest BCUT2D eigenvalue weighted by Crippen LogP contribution is -2.28. The van der Waals surface area contributed by atoms with E-state index >= 15 is 0 Å². The van der Waals surface area contributed by atoms with Crippen molar-refractivity contribution < 1.29 is 0 Å². The molecule has 3 heteroatoms. The van der Waals surface area contributed by atoms with Gasteiger partial charge in [-0.3, -0.25) is 0 Å². The molecule has 0 spiro atoms. The van der Waals surface area contributed by atoms with Gasteiger partial charge in [-0.2, -0.15) is 0 Å². The largest absolute Gasteiger partial charge is 0.337 e. The second kappa shape index (κ2) is 3.23. The average Bonchev–Trinajstić information content (AvgIpc) is 2.27. The molecule has 0 fully saturated rings. The smallest absolute Gasteiger partial charge is 0.177 e. The number of rotatable bonds is 0. The second-order valence-electron chi connectivity index (χ2n) is 5.74. The van der Waals surface area contributed by atoms with E-state index < -0.39 is 0 Å². The molecule has 2 nitrogen and oxygen atoms in total. The number of hydrogen-bond acceptors (Lipinski definition) is 1. The SMILES string of the molecule is CC(C)(C)c1c[nH]c(=S)n1C(C)(C)C. The summed E-state index contributed by atoms with van der Waals surface area (Å²) in [6.07, 6.45) is 2.02. The fraction of sp³-hybridized carbons (Fsp3) is 0.727. The molecule has 0 aliphatic carbocycles. The standard InChI is InChI=1S/C11H20N2S/c1-10(2,3)8-7-12-9(14)13(8)11(4,5)6/h7H,1-6H3,(H,12,14). The number of aromatic amines is 1. The third kappa shape index (κ3) is 2.08. The van der Waals surface area contributed by atoms with E-state index in [1.165, 1.54) is 5.69 Å². The Balaban J connectivity index is 3.43. The molecule has 0 amide bonds. The first kappa shape index (κ1) is 11.5. The molecule has 0 bridgehead atoms. The first-order chi connectivity index (χ1) is 6.14. The van der Waals surface area contributed by atoms with E-state index in [0.29, 0.717) is 0 Å². The van der Waals surface area contributed by atoms with Gasteiger partial charge in [-0.05, 0) is 33.0 Å². The molecule has 0 unspecified atom stereocenters. The van der Waals surface area contributed by atoms with Gasteiger partial charge in [-0.25, -0.2) is 0 Å². The fourth-order valence-electron chi connectivity index (χ4n) is 1.59. The van der Waals surface area contributed by atoms with Crippen molar-refractivity contribution in [1.82, 2.24) is 9.55 Å². The van der Waals surface area contributed by atoms with Crippen LogP contribution in [0.15, 0.2) is 6.20 Å². The number of nitrogens with one attached hydrogen (secondary N) is 1. The molecule has 0 saturated heterocycles. The molecular formula is C11H20N2S. The quantitative estimate of drug-likeness (QED) is 0.652. The van der Waals surface area contributed by atoms with Crippen molar-refractivity contribution in [1.29, 1.82) is 0 Å². The Hall–Kier alpha value is -0.570. The monoisotopic (exact) mass is 212 g/mol. The van der Waals surface area contributed by atoms with Crippen LogP contribution in [-0.4, -0.2) is 9.55 Å². The summed E-state index contributed by atoms with van der Waals surface area (Å²) < 4.78 is 3.00. The Morgan fingerprint density at radius 2 is 1.64 bits per heavy atom. The van der Waals surface area contributed by atoms with Crippen LogP contribution >= 0.6 is 12.2 Å². The summed E-state index contributed by atoms with van der Waals surface area (Å²) in [5.74, 6) is 0. The summed E-state index contributed by atoms with van der Waals surface area (Å²) in [7, 11) is 0. The van der Waals surface area contributed by atoms with Crippen LogP contribution < -0.4 is 0 Å². The Morgan fingerprint density at radius 1 is 1.14 bits per heavy atom. The summed E-state index contributed by atoms with van der Waals surface area (Å²) in [5, 5.41) is 0. The minimum atomic E-state index is 0.0414. The summed E-state index contributed by atoms with van der Waals surface area (Å²) in [6, 6.07) is 0. The van der Waals surface area contributed by atoms with Gasteiger partial charge in [0.2, 0.25) is 0 Å². The predicted octanol–water partition coefficient (Wildman–Crippen LogP) is 3.60. The summed E-state index contributed by atoms with van der Waals surface area (Å²) >= 11 is 5.30.